The first-order valence-electron chi connectivity index (χ1n) is 7.00. The highest BCUT2D eigenvalue weighted by Gasteiger charge is 2.39. The third kappa shape index (κ3) is 2.96. The first-order valence-corrected chi connectivity index (χ1v) is 7.00. The van der Waals surface area contributed by atoms with Crippen molar-refractivity contribution in [3.8, 4) is 0 Å². The van der Waals surface area contributed by atoms with Gasteiger partial charge in [0.05, 0.1) is 0 Å². The molecular weight excluding hydrogens is 182 g/mol. The molecule has 0 aromatic heterocycles. The van der Waals surface area contributed by atoms with Crippen molar-refractivity contribution in [2.24, 2.45) is 23.7 Å². The smallest absolute Gasteiger partial charge is 0.00465 e. The Morgan fingerprint density at radius 1 is 1.27 bits per heavy atom. The highest BCUT2D eigenvalue weighted by molar-refractivity contribution is 4.90. The van der Waals surface area contributed by atoms with Crippen molar-refractivity contribution in [2.75, 3.05) is 13.1 Å². The van der Waals surface area contributed by atoms with E-state index in [0.29, 0.717) is 0 Å². The van der Waals surface area contributed by atoms with E-state index in [1.807, 2.05) is 0 Å². The summed E-state index contributed by atoms with van der Waals surface area (Å²) in [5.41, 5.74) is 0. The van der Waals surface area contributed by atoms with Crippen molar-refractivity contribution >= 4 is 0 Å². The van der Waals surface area contributed by atoms with Crippen LogP contribution in [-0.4, -0.2) is 13.1 Å². The van der Waals surface area contributed by atoms with Crippen molar-refractivity contribution in [1.82, 2.24) is 5.32 Å². The summed E-state index contributed by atoms with van der Waals surface area (Å²) >= 11 is 0. The largest absolute Gasteiger partial charge is 0.317 e. The van der Waals surface area contributed by atoms with Crippen molar-refractivity contribution in [1.29, 1.82) is 0 Å². The molecule has 4 unspecified atom stereocenters. The van der Waals surface area contributed by atoms with E-state index in [0.717, 1.165) is 30.2 Å². The van der Waals surface area contributed by atoms with E-state index in [4.69, 9.17) is 0 Å². The molecule has 2 fully saturated rings. The molecule has 2 aliphatic carbocycles. The molecule has 1 heteroatoms. The Kier molecular flexibility index (Phi) is 4.07. The second kappa shape index (κ2) is 5.34. The van der Waals surface area contributed by atoms with Crippen molar-refractivity contribution in [3.05, 3.63) is 0 Å². The van der Waals surface area contributed by atoms with Gasteiger partial charge in [0.2, 0.25) is 0 Å². The summed E-state index contributed by atoms with van der Waals surface area (Å²) in [6.07, 6.45) is 9.12. The van der Waals surface area contributed by atoms with E-state index < -0.39 is 0 Å². The zero-order valence-corrected chi connectivity index (χ0v) is 10.5. The van der Waals surface area contributed by atoms with Gasteiger partial charge in [0.15, 0.2) is 0 Å². The zero-order valence-electron chi connectivity index (χ0n) is 10.5. The zero-order chi connectivity index (χ0) is 10.7. The van der Waals surface area contributed by atoms with Crippen LogP contribution in [0.4, 0.5) is 0 Å². The van der Waals surface area contributed by atoms with Crippen LogP contribution < -0.4 is 5.32 Å². The molecule has 0 saturated heterocycles. The Labute approximate surface area is 95.0 Å². The molecule has 2 aliphatic rings. The van der Waals surface area contributed by atoms with Crippen molar-refractivity contribution in [2.45, 2.75) is 52.4 Å². The summed E-state index contributed by atoms with van der Waals surface area (Å²) in [7, 11) is 0. The van der Waals surface area contributed by atoms with E-state index in [2.05, 4.69) is 19.2 Å². The van der Waals surface area contributed by atoms with Gasteiger partial charge in [-0.15, -0.1) is 0 Å². The Bertz CT molecular complexity index is 190. The molecule has 2 saturated carbocycles. The normalized spacial score (nSPS) is 36.0. The molecule has 0 aromatic rings. The summed E-state index contributed by atoms with van der Waals surface area (Å²) in [6, 6.07) is 0. The van der Waals surface area contributed by atoms with E-state index in [1.165, 1.54) is 19.4 Å². The minimum absolute atomic E-state index is 0.938. The monoisotopic (exact) mass is 209 g/mol. The highest BCUT2D eigenvalue weighted by atomic mass is 14.8. The SMILES string of the molecule is CCNCCC(C)CC1CC2CCC1C2. The summed E-state index contributed by atoms with van der Waals surface area (Å²) in [4.78, 5) is 0. The van der Waals surface area contributed by atoms with Crippen LogP contribution in [0.1, 0.15) is 52.4 Å². The average Bonchev–Trinajstić information content (AvgIpc) is 2.79. The summed E-state index contributed by atoms with van der Waals surface area (Å²) in [5, 5.41) is 3.44. The van der Waals surface area contributed by atoms with Gasteiger partial charge >= 0.3 is 0 Å². The van der Waals surface area contributed by atoms with Crippen LogP contribution >= 0.6 is 0 Å². The van der Waals surface area contributed by atoms with Gasteiger partial charge in [0.25, 0.3) is 0 Å². The molecule has 0 radical (unpaired) electrons. The van der Waals surface area contributed by atoms with Crippen LogP contribution in [0.15, 0.2) is 0 Å². The lowest BCUT2D eigenvalue weighted by Crippen LogP contribution is -2.19. The van der Waals surface area contributed by atoms with Crippen LogP contribution in [-0.2, 0) is 0 Å². The standard InChI is InChI=1S/C14H27N/c1-3-15-7-6-11(2)8-14-10-12-4-5-13(14)9-12/h11-15H,3-10H2,1-2H3. The van der Waals surface area contributed by atoms with Crippen LogP contribution in [0, 0.1) is 23.7 Å². The van der Waals surface area contributed by atoms with Gasteiger partial charge in [-0.2, -0.15) is 0 Å². The highest BCUT2D eigenvalue weighted by Crippen LogP contribution is 2.50. The molecule has 2 bridgehead atoms. The molecule has 0 aliphatic heterocycles. The summed E-state index contributed by atoms with van der Waals surface area (Å²) in [6.45, 7) is 6.99. The maximum Gasteiger partial charge on any atom is -0.00465 e. The fourth-order valence-electron chi connectivity index (χ4n) is 3.83. The lowest BCUT2D eigenvalue weighted by Gasteiger charge is -2.24. The van der Waals surface area contributed by atoms with Gasteiger partial charge in [-0.3, -0.25) is 0 Å². The number of fused-ring (bicyclic) bond motifs is 2. The Morgan fingerprint density at radius 2 is 2.13 bits per heavy atom. The molecular formula is C14H27N. The molecule has 0 aromatic carbocycles. The second-order valence-electron chi connectivity index (χ2n) is 5.92. The average molecular weight is 209 g/mol. The quantitative estimate of drug-likeness (QED) is 0.661. The van der Waals surface area contributed by atoms with Crippen molar-refractivity contribution in [3.63, 3.8) is 0 Å². The van der Waals surface area contributed by atoms with E-state index in [9.17, 15) is 0 Å². The first kappa shape index (κ1) is 11.4. The predicted octanol–water partition coefficient (Wildman–Crippen LogP) is 3.45. The fourth-order valence-corrected chi connectivity index (χ4v) is 3.83. The maximum atomic E-state index is 3.44. The topological polar surface area (TPSA) is 12.0 Å². The summed E-state index contributed by atoms with van der Waals surface area (Å²) < 4.78 is 0. The third-order valence-electron chi connectivity index (χ3n) is 4.65. The van der Waals surface area contributed by atoms with E-state index >= 15 is 0 Å². The number of hydrogen-bond donors (Lipinski definition) is 1. The molecule has 0 spiro atoms. The lowest BCUT2D eigenvalue weighted by molar-refractivity contribution is 0.268. The van der Waals surface area contributed by atoms with E-state index in [-0.39, 0.29) is 0 Å². The summed E-state index contributed by atoms with van der Waals surface area (Å²) in [5.74, 6) is 4.28. The third-order valence-corrected chi connectivity index (χ3v) is 4.65. The van der Waals surface area contributed by atoms with Gasteiger partial charge in [-0.05, 0) is 68.9 Å². The Morgan fingerprint density at radius 3 is 2.73 bits per heavy atom. The Balaban J connectivity index is 1.64. The number of hydrogen-bond acceptors (Lipinski definition) is 1. The maximum absolute atomic E-state index is 3.44. The lowest BCUT2D eigenvalue weighted by atomic mass is 9.82. The fraction of sp³-hybridized carbons (Fsp3) is 1.00. The second-order valence-corrected chi connectivity index (χ2v) is 5.92. The van der Waals surface area contributed by atoms with Gasteiger partial charge in [-0.25, -0.2) is 0 Å². The molecule has 88 valence electrons. The molecule has 1 nitrogen and oxygen atoms in total. The molecule has 15 heavy (non-hydrogen) atoms. The number of nitrogens with one attached hydrogen (secondary N) is 1. The predicted molar refractivity (Wildman–Crippen MR) is 65.9 cm³/mol. The minimum atomic E-state index is 0.938. The van der Waals surface area contributed by atoms with Crippen LogP contribution in [0.2, 0.25) is 0 Å². The number of rotatable bonds is 6. The molecule has 0 heterocycles. The molecule has 0 amide bonds. The van der Waals surface area contributed by atoms with Crippen LogP contribution in [0.3, 0.4) is 0 Å². The minimum Gasteiger partial charge on any atom is -0.317 e. The van der Waals surface area contributed by atoms with Crippen LogP contribution in [0.25, 0.3) is 0 Å². The van der Waals surface area contributed by atoms with Gasteiger partial charge < -0.3 is 5.32 Å². The molecule has 4 atom stereocenters. The Hall–Kier alpha value is -0.0400. The molecule has 2 rings (SSSR count). The van der Waals surface area contributed by atoms with Crippen molar-refractivity contribution < 1.29 is 0 Å². The van der Waals surface area contributed by atoms with Gasteiger partial charge in [0.1, 0.15) is 0 Å². The van der Waals surface area contributed by atoms with E-state index in [1.54, 1.807) is 25.7 Å². The van der Waals surface area contributed by atoms with Gasteiger partial charge in [-0.1, -0.05) is 20.3 Å². The van der Waals surface area contributed by atoms with Crippen LogP contribution in [0.5, 0.6) is 0 Å². The first-order chi connectivity index (χ1) is 7.29. The van der Waals surface area contributed by atoms with Gasteiger partial charge in [0, 0.05) is 0 Å². The molecule has 1 N–H and O–H groups in total.